The summed E-state index contributed by atoms with van der Waals surface area (Å²) >= 11 is 0. The van der Waals surface area contributed by atoms with Gasteiger partial charge in [0.15, 0.2) is 0 Å². The lowest BCUT2D eigenvalue weighted by atomic mass is 10.0. The zero-order valence-electron chi connectivity index (χ0n) is 9.19. The fourth-order valence-corrected chi connectivity index (χ4v) is 1.97. The summed E-state index contributed by atoms with van der Waals surface area (Å²) in [5, 5.41) is 2.36. The number of nitrogens with zero attached hydrogens (tertiary/aromatic N) is 1. The number of benzene rings is 1. The molecule has 0 radical (unpaired) electrons. The van der Waals surface area contributed by atoms with Crippen LogP contribution in [0.4, 0.5) is 5.69 Å². The topological polar surface area (TPSA) is 49.4 Å². The Hall–Kier alpha value is -1.84. The number of amides is 2. The lowest BCUT2D eigenvalue weighted by Crippen LogP contribution is -2.44. The largest absolute Gasteiger partial charge is 0.351 e. The van der Waals surface area contributed by atoms with E-state index >= 15 is 0 Å². The van der Waals surface area contributed by atoms with E-state index in [1.54, 1.807) is 4.90 Å². The van der Waals surface area contributed by atoms with Crippen molar-refractivity contribution >= 4 is 17.5 Å². The zero-order valence-corrected chi connectivity index (χ0v) is 9.19. The number of para-hydroxylation sites is 1. The minimum absolute atomic E-state index is 0.477. The van der Waals surface area contributed by atoms with Crippen LogP contribution in [-0.4, -0.2) is 25.4 Å². The number of fused-ring (bicyclic) bond motifs is 1. The Balaban J connectivity index is 2.32. The van der Waals surface area contributed by atoms with Gasteiger partial charge in [-0.15, -0.1) is 0 Å². The third kappa shape index (κ3) is 1.78. The minimum Gasteiger partial charge on any atom is -0.351 e. The first-order valence-corrected chi connectivity index (χ1v) is 5.35. The van der Waals surface area contributed by atoms with Crippen LogP contribution in [0.3, 0.4) is 0 Å². The van der Waals surface area contributed by atoms with E-state index in [0.29, 0.717) is 6.54 Å². The summed E-state index contributed by atoms with van der Waals surface area (Å²) in [7, 11) is 1.47. The van der Waals surface area contributed by atoms with Gasteiger partial charge in [-0.2, -0.15) is 0 Å². The third-order valence-electron chi connectivity index (χ3n) is 2.78. The fourth-order valence-electron chi connectivity index (χ4n) is 1.97. The van der Waals surface area contributed by atoms with Gasteiger partial charge in [0.1, 0.15) is 0 Å². The maximum Gasteiger partial charge on any atom is 0.316 e. The molecule has 1 aliphatic heterocycles. The average Bonchev–Trinajstić information content (AvgIpc) is 2.36. The van der Waals surface area contributed by atoms with E-state index < -0.39 is 11.8 Å². The van der Waals surface area contributed by atoms with Crippen molar-refractivity contribution in [3.05, 3.63) is 29.8 Å². The summed E-state index contributed by atoms with van der Waals surface area (Å²) < 4.78 is 0. The van der Waals surface area contributed by atoms with E-state index in [1.807, 2.05) is 24.3 Å². The number of rotatable bonds is 0. The van der Waals surface area contributed by atoms with Gasteiger partial charge >= 0.3 is 11.8 Å². The van der Waals surface area contributed by atoms with Crippen LogP contribution >= 0.6 is 0 Å². The molecular formula is C12H14N2O2. The molecule has 84 valence electrons. The summed E-state index contributed by atoms with van der Waals surface area (Å²) in [6.45, 7) is 0.614. The van der Waals surface area contributed by atoms with E-state index in [0.717, 1.165) is 24.1 Å². The van der Waals surface area contributed by atoms with E-state index in [-0.39, 0.29) is 0 Å². The first-order chi connectivity index (χ1) is 7.74. The number of nitrogens with one attached hydrogen (secondary N) is 1. The number of hydrogen-bond acceptors (Lipinski definition) is 2. The van der Waals surface area contributed by atoms with Crippen molar-refractivity contribution in [2.75, 3.05) is 18.5 Å². The minimum atomic E-state index is -0.559. The van der Waals surface area contributed by atoms with E-state index in [2.05, 4.69) is 5.32 Å². The monoisotopic (exact) mass is 218 g/mol. The van der Waals surface area contributed by atoms with Crippen molar-refractivity contribution in [1.82, 2.24) is 5.32 Å². The molecule has 4 nitrogen and oxygen atoms in total. The molecule has 2 amide bonds. The van der Waals surface area contributed by atoms with Gasteiger partial charge in [0.05, 0.1) is 0 Å². The molecule has 0 spiro atoms. The van der Waals surface area contributed by atoms with Crippen LogP contribution in [0.5, 0.6) is 0 Å². The van der Waals surface area contributed by atoms with Crippen molar-refractivity contribution in [1.29, 1.82) is 0 Å². The van der Waals surface area contributed by atoms with Gasteiger partial charge in [-0.1, -0.05) is 18.2 Å². The van der Waals surface area contributed by atoms with Gasteiger partial charge in [0.25, 0.3) is 0 Å². The Kier molecular flexibility index (Phi) is 2.90. The molecule has 0 saturated carbocycles. The number of aryl methyl sites for hydroxylation is 1. The highest BCUT2D eigenvalue weighted by molar-refractivity contribution is 6.40. The average molecular weight is 218 g/mol. The smallest absolute Gasteiger partial charge is 0.316 e. The van der Waals surface area contributed by atoms with Gasteiger partial charge in [-0.3, -0.25) is 9.59 Å². The van der Waals surface area contributed by atoms with Crippen LogP contribution in [0.25, 0.3) is 0 Å². The molecule has 16 heavy (non-hydrogen) atoms. The third-order valence-corrected chi connectivity index (χ3v) is 2.78. The maximum atomic E-state index is 11.8. The van der Waals surface area contributed by atoms with Gasteiger partial charge in [0, 0.05) is 19.3 Å². The second-order valence-corrected chi connectivity index (χ2v) is 3.77. The second kappa shape index (κ2) is 4.35. The maximum absolute atomic E-state index is 11.8. The number of anilines is 1. The Bertz CT molecular complexity index is 429. The first-order valence-electron chi connectivity index (χ1n) is 5.35. The Morgan fingerprint density at radius 3 is 2.81 bits per heavy atom. The quantitative estimate of drug-likeness (QED) is 0.652. The van der Waals surface area contributed by atoms with Gasteiger partial charge < -0.3 is 10.2 Å². The molecule has 0 unspecified atom stereocenters. The molecule has 0 fully saturated rings. The van der Waals surface area contributed by atoms with Crippen LogP contribution in [0.1, 0.15) is 12.0 Å². The zero-order chi connectivity index (χ0) is 11.5. The van der Waals surface area contributed by atoms with Crippen LogP contribution in [0.2, 0.25) is 0 Å². The molecule has 1 aromatic carbocycles. The van der Waals surface area contributed by atoms with Crippen molar-refractivity contribution in [3.63, 3.8) is 0 Å². The number of hydrogen-bond donors (Lipinski definition) is 1. The van der Waals surface area contributed by atoms with Gasteiger partial charge in [-0.05, 0) is 24.5 Å². The second-order valence-electron chi connectivity index (χ2n) is 3.77. The number of likely N-dealkylation sites (N-methyl/N-ethyl adjacent to an activating group) is 1. The summed E-state index contributed by atoms with van der Waals surface area (Å²) in [6.07, 6.45) is 1.87. The van der Waals surface area contributed by atoms with Crippen LogP contribution in [0, 0.1) is 0 Å². The molecule has 1 heterocycles. The highest BCUT2D eigenvalue weighted by Gasteiger charge is 2.26. The van der Waals surface area contributed by atoms with E-state index in [4.69, 9.17) is 0 Å². The van der Waals surface area contributed by atoms with Crippen LogP contribution in [0.15, 0.2) is 24.3 Å². The lowest BCUT2D eigenvalue weighted by molar-refractivity contribution is -0.137. The lowest BCUT2D eigenvalue weighted by Gasteiger charge is -2.28. The molecule has 1 aliphatic rings. The van der Waals surface area contributed by atoms with Crippen LogP contribution < -0.4 is 10.2 Å². The summed E-state index contributed by atoms with van der Waals surface area (Å²) in [4.78, 5) is 24.7. The molecule has 4 heteroatoms. The standard InChI is InChI=1S/C12H14N2O2/c1-13-11(15)12(16)14-8-4-6-9-5-2-3-7-10(9)14/h2-3,5,7H,4,6,8H2,1H3,(H,13,15). The molecule has 1 aromatic rings. The van der Waals surface area contributed by atoms with Crippen molar-refractivity contribution in [3.8, 4) is 0 Å². The first kappa shape index (κ1) is 10.7. The van der Waals surface area contributed by atoms with Crippen molar-refractivity contribution in [2.45, 2.75) is 12.8 Å². The SMILES string of the molecule is CNC(=O)C(=O)N1CCCc2ccccc21. The molecular weight excluding hydrogens is 204 g/mol. The molecule has 0 aliphatic carbocycles. The van der Waals surface area contributed by atoms with Crippen molar-refractivity contribution < 1.29 is 9.59 Å². The molecule has 2 rings (SSSR count). The normalized spacial score (nSPS) is 14.2. The molecule has 0 saturated heterocycles. The van der Waals surface area contributed by atoms with Gasteiger partial charge in [-0.25, -0.2) is 0 Å². The highest BCUT2D eigenvalue weighted by Crippen LogP contribution is 2.26. The van der Waals surface area contributed by atoms with Crippen molar-refractivity contribution in [2.24, 2.45) is 0 Å². The molecule has 0 aromatic heterocycles. The highest BCUT2D eigenvalue weighted by atomic mass is 16.2. The summed E-state index contributed by atoms with van der Waals surface area (Å²) in [5.41, 5.74) is 1.99. The van der Waals surface area contributed by atoms with Gasteiger partial charge in [0.2, 0.25) is 0 Å². The molecule has 0 atom stereocenters. The number of carbonyl (C=O) groups excluding carboxylic acids is 2. The predicted molar refractivity (Wildman–Crippen MR) is 61.2 cm³/mol. The summed E-state index contributed by atoms with van der Waals surface area (Å²) in [5.74, 6) is -1.04. The summed E-state index contributed by atoms with van der Waals surface area (Å²) in [6, 6.07) is 7.72. The fraction of sp³-hybridized carbons (Fsp3) is 0.333. The van der Waals surface area contributed by atoms with E-state index in [1.165, 1.54) is 7.05 Å². The molecule has 1 N–H and O–H groups in total. The van der Waals surface area contributed by atoms with E-state index in [9.17, 15) is 9.59 Å². The Labute approximate surface area is 94.2 Å². The van der Waals surface area contributed by atoms with Crippen LogP contribution in [-0.2, 0) is 16.0 Å². The Morgan fingerprint density at radius 1 is 1.31 bits per heavy atom. The molecule has 0 bridgehead atoms. The number of carbonyl (C=O) groups is 2. The Morgan fingerprint density at radius 2 is 2.06 bits per heavy atom. The predicted octanol–water partition coefficient (Wildman–Crippen LogP) is 0.712.